The van der Waals surface area contributed by atoms with Crippen LogP contribution in [0, 0.1) is 5.41 Å². The van der Waals surface area contributed by atoms with Crippen molar-refractivity contribution in [1.82, 2.24) is 10.6 Å². The van der Waals surface area contributed by atoms with Crippen molar-refractivity contribution in [3.63, 3.8) is 0 Å². The van der Waals surface area contributed by atoms with Crippen LogP contribution in [-0.4, -0.2) is 39.3 Å². The fourth-order valence-electron chi connectivity index (χ4n) is 1.22. The van der Waals surface area contributed by atoms with E-state index in [0.29, 0.717) is 6.54 Å². The molecular formula is C11H24N2O2. The molecule has 0 unspecified atom stereocenters. The molecule has 0 aliphatic rings. The maximum atomic E-state index is 10.6. The van der Waals surface area contributed by atoms with E-state index in [1.165, 1.54) is 6.92 Å². The monoisotopic (exact) mass is 216 g/mol. The Hall–Kier alpha value is -0.610. The van der Waals surface area contributed by atoms with E-state index in [-0.39, 0.29) is 11.3 Å². The van der Waals surface area contributed by atoms with Crippen LogP contribution in [0.25, 0.3) is 0 Å². The number of hydrogen-bond donors (Lipinski definition) is 2. The Morgan fingerprint density at radius 2 is 2.00 bits per heavy atom. The van der Waals surface area contributed by atoms with Crippen molar-refractivity contribution < 1.29 is 9.53 Å². The molecule has 0 radical (unpaired) electrons. The number of rotatable bonds is 8. The molecule has 4 nitrogen and oxygen atoms in total. The summed E-state index contributed by atoms with van der Waals surface area (Å²) in [6.45, 7) is 9.18. The first kappa shape index (κ1) is 14.4. The summed E-state index contributed by atoms with van der Waals surface area (Å²) in [6.07, 6.45) is 1.04. The first-order chi connectivity index (χ1) is 6.98. The van der Waals surface area contributed by atoms with Crippen LogP contribution < -0.4 is 10.6 Å². The first-order valence-electron chi connectivity index (χ1n) is 5.42. The van der Waals surface area contributed by atoms with E-state index in [2.05, 4.69) is 24.5 Å². The second-order valence-corrected chi connectivity index (χ2v) is 4.57. The van der Waals surface area contributed by atoms with E-state index < -0.39 is 0 Å². The molecule has 0 aromatic heterocycles. The summed E-state index contributed by atoms with van der Waals surface area (Å²) in [5.41, 5.74) is 0.242. The highest BCUT2D eigenvalue weighted by atomic mass is 16.5. The molecule has 0 heterocycles. The Morgan fingerprint density at radius 3 is 2.53 bits per heavy atom. The van der Waals surface area contributed by atoms with Crippen molar-refractivity contribution in [2.75, 3.05) is 33.4 Å². The summed E-state index contributed by atoms with van der Waals surface area (Å²) in [5, 5.41) is 6.07. The van der Waals surface area contributed by atoms with Crippen LogP contribution in [0.5, 0.6) is 0 Å². The average Bonchev–Trinajstić information content (AvgIpc) is 2.14. The number of hydrogen-bond acceptors (Lipinski definition) is 3. The number of ether oxygens (including phenoxy) is 1. The molecule has 0 aliphatic carbocycles. The summed E-state index contributed by atoms with van der Waals surface area (Å²) in [7, 11) is 1.72. The summed E-state index contributed by atoms with van der Waals surface area (Å²) < 4.78 is 5.05. The number of nitrogens with one attached hydrogen (secondary N) is 2. The van der Waals surface area contributed by atoms with Gasteiger partial charge in [-0.2, -0.15) is 0 Å². The van der Waals surface area contributed by atoms with Gasteiger partial charge in [-0.25, -0.2) is 0 Å². The molecule has 0 aromatic rings. The van der Waals surface area contributed by atoms with Crippen LogP contribution >= 0.6 is 0 Å². The van der Waals surface area contributed by atoms with E-state index in [0.717, 1.165) is 26.1 Å². The Morgan fingerprint density at radius 1 is 1.33 bits per heavy atom. The molecular weight excluding hydrogens is 192 g/mol. The van der Waals surface area contributed by atoms with E-state index in [1.54, 1.807) is 7.11 Å². The summed E-state index contributed by atoms with van der Waals surface area (Å²) in [5.74, 6) is 0.0236. The number of amides is 1. The Labute approximate surface area is 92.8 Å². The van der Waals surface area contributed by atoms with Crippen molar-refractivity contribution in [2.24, 2.45) is 5.41 Å². The Balaban J connectivity index is 3.43. The smallest absolute Gasteiger partial charge is 0.216 e. The zero-order valence-electron chi connectivity index (χ0n) is 10.4. The fourth-order valence-corrected chi connectivity index (χ4v) is 1.22. The molecule has 0 fully saturated rings. The average molecular weight is 216 g/mol. The third-order valence-corrected chi connectivity index (χ3v) is 2.26. The molecule has 0 atom stereocenters. The van der Waals surface area contributed by atoms with Gasteiger partial charge in [0.2, 0.25) is 5.91 Å². The molecule has 4 heteroatoms. The zero-order chi connectivity index (χ0) is 11.7. The highest BCUT2D eigenvalue weighted by molar-refractivity contribution is 5.72. The molecule has 0 rings (SSSR count). The third-order valence-electron chi connectivity index (χ3n) is 2.26. The van der Waals surface area contributed by atoms with Crippen LogP contribution in [0.3, 0.4) is 0 Å². The van der Waals surface area contributed by atoms with Gasteiger partial charge in [0.05, 0.1) is 0 Å². The minimum atomic E-state index is 0.0236. The maximum absolute atomic E-state index is 10.6. The van der Waals surface area contributed by atoms with Gasteiger partial charge in [0.1, 0.15) is 0 Å². The highest BCUT2D eigenvalue weighted by Gasteiger charge is 2.16. The fraction of sp³-hybridized carbons (Fsp3) is 0.909. The van der Waals surface area contributed by atoms with Crippen LogP contribution in [0.15, 0.2) is 0 Å². The molecule has 0 aromatic carbocycles. The van der Waals surface area contributed by atoms with Gasteiger partial charge in [-0.15, -0.1) is 0 Å². The molecule has 2 N–H and O–H groups in total. The van der Waals surface area contributed by atoms with Crippen LogP contribution in [0.4, 0.5) is 0 Å². The molecule has 90 valence electrons. The molecule has 0 saturated heterocycles. The van der Waals surface area contributed by atoms with Gasteiger partial charge < -0.3 is 15.4 Å². The second kappa shape index (κ2) is 7.65. The van der Waals surface area contributed by atoms with Gasteiger partial charge in [0, 0.05) is 40.3 Å². The quantitative estimate of drug-likeness (QED) is 0.589. The number of carbonyl (C=O) groups excluding carboxylic acids is 1. The van der Waals surface area contributed by atoms with E-state index in [1.807, 2.05) is 0 Å². The lowest BCUT2D eigenvalue weighted by atomic mass is 9.90. The van der Waals surface area contributed by atoms with Crippen LogP contribution in [0.2, 0.25) is 0 Å². The number of methoxy groups -OCH3 is 1. The predicted molar refractivity (Wildman–Crippen MR) is 61.8 cm³/mol. The molecule has 0 aliphatic heterocycles. The first-order valence-corrected chi connectivity index (χ1v) is 5.42. The summed E-state index contributed by atoms with van der Waals surface area (Å²) in [4.78, 5) is 10.6. The van der Waals surface area contributed by atoms with Crippen molar-refractivity contribution in [3.8, 4) is 0 Å². The minimum Gasteiger partial charge on any atom is -0.385 e. The van der Waals surface area contributed by atoms with Crippen molar-refractivity contribution in [1.29, 1.82) is 0 Å². The third kappa shape index (κ3) is 9.69. The molecule has 0 saturated carbocycles. The molecule has 0 spiro atoms. The van der Waals surface area contributed by atoms with Gasteiger partial charge in [-0.05, 0) is 11.8 Å². The normalized spacial score (nSPS) is 11.5. The van der Waals surface area contributed by atoms with Gasteiger partial charge in [0.25, 0.3) is 0 Å². The summed E-state index contributed by atoms with van der Waals surface area (Å²) >= 11 is 0. The van der Waals surface area contributed by atoms with Gasteiger partial charge in [-0.1, -0.05) is 13.8 Å². The van der Waals surface area contributed by atoms with Crippen molar-refractivity contribution in [3.05, 3.63) is 0 Å². The van der Waals surface area contributed by atoms with Gasteiger partial charge in [0.15, 0.2) is 0 Å². The lowest BCUT2D eigenvalue weighted by Gasteiger charge is -2.24. The maximum Gasteiger partial charge on any atom is 0.216 e. The Bertz CT molecular complexity index is 181. The standard InChI is InChI=1S/C11H24N2O2/c1-10(14)13-7-6-12-9-11(2,3)5-8-15-4/h12H,5-9H2,1-4H3,(H,13,14). The minimum absolute atomic E-state index is 0.0236. The highest BCUT2D eigenvalue weighted by Crippen LogP contribution is 2.18. The summed E-state index contributed by atoms with van der Waals surface area (Å²) in [6, 6.07) is 0. The van der Waals surface area contributed by atoms with Crippen LogP contribution in [-0.2, 0) is 9.53 Å². The van der Waals surface area contributed by atoms with Gasteiger partial charge in [-0.3, -0.25) is 4.79 Å². The predicted octanol–water partition coefficient (Wildman–Crippen LogP) is 0.775. The van der Waals surface area contributed by atoms with Crippen molar-refractivity contribution >= 4 is 5.91 Å². The molecule has 15 heavy (non-hydrogen) atoms. The second-order valence-electron chi connectivity index (χ2n) is 4.57. The molecule has 0 bridgehead atoms. The van der Waals surface area contributed by atoms with Gasteiger partial charge >= 0.3 is 0 Å². The number of carbonyl (C=O) groups is 1. The van der Waals surface area contributed by atoms with E-state index in [4.69, 9.17) is 4.74 Å². The van der Waals surface area contributed by atoms with Crippen LogP contribution in [0.1, 0.15) is 27.2 Å². The van der Waals surface area contributed by atoms with E-state index in [9.17, 15) is 4.79 Å². The Kier molecular flexibility index (Phi) is 7.34. The zero-order valence-corrected chi connectivity index (χ0v) is 10.4. The van der Waals surface area contributed by atoms with Crippen molar-refractivity contribution in [2.45, 2.75) is 27.2 Å². The van der Waals surface area contributed by atoms with E-state index >= 15 is 0 Å². The largest absolute Gasteiger partial charge is 0.385 e. The molecule has 1 amide bonds. The lowest BCUT2D eigenvalue weighted by Crippen LogP contribution is -2.36. The SMILES string of the molecule is COCCC(C)(C)CNCCNC(C)=O. The topological polar surface area (TPSA) is 50.4 Å². The lowest BCUT2D eigenvalue weighted by molar-refractivity contribution is -0.118.